The number of hydrogen-bond donors (Lipinski definition) is 2. The van der Waals surface area contributed by atoms with Gasteiger partial charge in [0.1, 0.15) is 0 Å². The quantitative estimate of drug-likeness (QED) is 0.668. The number of carbonyl (C=O) groups excluding carboxylic acids is 1. The molecule has 1 fully saturated rings. The summed E-state index contributed by atoms with van der Waals surface area (Å²) in [6, 6.07) is 0.441. The van der Waals surface area contributed by atoms with Gasteiger partial charge in [-0.1, -0.05) is 13.8 Å². The summed E-state index contributed by atoms with van der Waals surface area (Å²) < 4.78 is 0. The van der Waals surface area contributed by atoms with Crippen LogP contribution in [0.4, 0.5) is 0 Å². The zero-order valence-electron chi connectivity index (χ0n) is 9.83. The Bertz CT molecular complexity index is 202. The van der Waals surface area contributed by atoms with Gasteiger partial charge >= 0.3 is 0 Å². The Morgan fingerprint density at radius 3 is 2.73 bits per heavy atom. The predicted octanol–water partition coefficient (Wildman–Crippen LogP) is 0.324. The molecule has 4 nitrogen and oxygen atoms in total. The van der Waals surface area contributed by atoms with Crippen LogP contribution in [0.5, 0.6) is 0 Å². The highest BCUT2D eigenvalue weighted by Gasteiger charge is 2.24. The first-order valence-corrected chi connectivity index (χ1v) is 5.95. The number of rotatable bonds is 6. The van der Waals surface area contributed by atoms with Crippen LogP contribution >= 0.6 is 0 Å². The van der Waals surface area contributed by atoms with Crippen LogP contribution in [0, 0.1) is 0 Å². The number of primary amides is 1. The third-order valence-corrected chi connectivity index (χ3v) is 3.18. The molecule has 15 heavy (non-hydrogen) atoms. The van der Waals surface area contributed by atoms with Crippen molar-refractivity contribution < 1.29 is 4.79 Å². The molecule has 1 rings (SSSR count). The summed E-state index contributed by atoms with van der Waals surface area (Å²) in [6.07, 6.45) is 3.26. The third kappa shape index (κ3) is 3.47. The van der Waals surface area contributed by atoms with Gasteiger partial charge in [-0.3, -0.25) is 9.69 Å². The highest BCUT2D eigenvalue weighted by molar-refractivity contribution is 5.79. The van der Waals surface area contributed by atoms with Crippen LogP contribution in [0.3, 0.4) is 0 Å². The molecule has 88 valence electrons. The lowest BCUT2D eigenvalue weighted by Crippen LogP contribution is -2.48. The van der Waals surface area contributed by atoms with Crippen molar-refractivity contribution in [2.45, 2.75) is 45.2 Å². The van der Waals surface area contributed by atoms with Crippen molar-refractivity contribution in [1.29, 1.82) is 0 Å². The van der Waals surface area contributed by atoms with E-state index in [1.54, 1.807) is 0 Å². The summed E-state index contributed by atoms with van der Waals surface area (Å²) in [4.78, 5) is 13.5. The van der Waals surface area contributed by atoms with Crippen LogP contribution < -0.4 is 11.1 Å². The van der Waals surface area contributed by atoms with Gasteiger partial charge in [0.15, 0.2) is 0 Å². The van der Waals surface area contributed by atoms with Crippen molar-refractivity contribution in [3.05, 3.63) is 0 Å². The minimum absolute atomic E-state index is 0.0996. The zero-order chi connectivity index (χ0) is 11.3. The monoisotopic (exact) mass is 213 g/mol. The SMILES string of the molecule is CCC(C(N)=O)N(CC)CC1CCCN1. The largest absolute Gasteiger partial charge is 0.368 e. The molecule has 1 aliphatic rings. The van der Waals surface area contributed by atoms with Gasteiger partial charge in [0, 0.05) is 12.6 Å². The van der Waals surface area contributed by atoms with Gasteiger partial charge in [-0.25, -0.2) is 0 Å². The van der Waals surface area contributed by atoms with Gasteiger partial charge in [-0.15, -0.1) is 0 Å². The minimum atomic E-state index is -0.197. The van der Waals surface area contributed by atoms with Gasteiger partial charge in [0.25, 0.3) is 0 Å². The number of nitrogens with zero attached hydrogens (tertiary/aromatic N) is 1. The van der Waals surface area contributed by atoms with E-state index >= 15 is 0 Å². The van der Waals surface area contributed by atoms with E-state index in [0.717, 1.165) is 26.1 Å². The summed E-state index contributed by atoms with van der Waals surface area (Å²) in [7, 11) is 0. The molecular formula is C11H23N3O. The predicted molar refractivity (Wildman–Crippen MR) is 61.5 cm³/mol. The van der Waals surface area contributed by atoms with E-state index in [4.69, 9.17) is 5.73 Å². The minimum Gasteiger partial charge on any atom is -0.368 e. The van der Waals surface area contributed by atoms with Crippen LogP contribution in [0.1, 0.15) is 33.1 Å². The van der Waals surface area contributed by atoms with Crippen molar-refractivity contribution in [3.63, 3.8) is 0 Å². The van der Waals surface area contributed by atoms with Gasteiger partial charge in [0.2, 0.25) is 5.91 Å². The molecule has 0 saturated carbocycles. The molecule has 1 amide bonds. The molecule has 0 bridgehead atoms. The van der Waals surface area contributed by atoms with E-state index in [2.05, 4.69) is 17.1 Å². The Morgan fingerprint density at radius 1 is 1.60 bits per heavy atom. The fourth-order valence-electron chi connectivity index (χ4n) is 2.31. The maximum Gasteiger partial charge on any atom is 0.234 e. The molecule has 0 aromatic rings. The average molecular weight is 213 g/mol. The fourth-order valence-corrected chi connectivity index (χ4v) is 2.31. The van der Waals surface area contributed by atoms with E-state index in [-0.39, 0.29) is 11.9 Å². The van der Waals surface area contributed by atoms with Crippen molar-refractivity contribution in [1.82, 2.24) is 10.2 Å². The van der Waals surface area contributed by atoms with E-state index in [1.165, 1.54) is 12.8 Å². The smallest absolute Gasteiger partial charge is 0.234 e. The second-order valence-corrected chi connectivity index (χ2v) is 4.21. The van der Waals surface area contributed by atoms with Gasteiger partial charge in [-0.2, -0.15) is 0 Å². The first-order chi connectivity index (χ1) is 7.19. The van der Waals surface area contributed by atoms with Gasteiger partial charge in [-0.05, 0) is 32.4 Å². The zero-order valence-corrected chi connectivity index (χ0v) is 9.83. The Hall–Kier alpha value is -0.610. The number of nitrogens with two attached hydrogens (primary N) is 1. The lowest BCUT2D eigenvalue weighted by molar-refractivity contribution is -0.123. The van der Waals surface area contributed by atoms with Crippen molar-refractivity contribution in [2.24, 2.45) is 5.73 Å². The number of likely N-dealkylation sites (N-methyl/N-ethyl adjacent to an activating group) is 1. The Morgan fingerprint density at radius 2 is 2.33 bits per heavy atom. The normalized spacial score (nSPS) is 23.3. The van der Waals surface area contributed by atoms with Crippen molar-refractivity contribution >= 4 is 5.91 Å². The van der Waals surface area contributed by atoms with E-state index in [1.807, 2.05) is 6.92 Å². The molecule has 0 aliphatic carbocycles. The standard InChI is InChI=1S/C11H23N3O/c1-3-10(11(12)15)14(4-2)8-9-6-5-7-13-9/h9-10,13H,3-8H2,1-2H3,(H2,12,15). The van der Waals surface area contributed by atoms with Gasteiger partial charge < -0.3 is 11.1 Å². The van der Waals surface area contributed by atoms with Crippen LogP contribution in [-0.2, 0) is 4.79 Å². The first kappa shape index (κ1) is 12.5. The topological polar surface area (TPSA) is 58.4 Å². The molecule has 4 heteroatoms. The molecule has 0 aromatic carbocycles. The second kappa shape index (κ2) is 6.08. The highest BCUT2D eigenvalue weighted by atomic mass is 16.1. The Balaban J connectivity index is 2.48. The molecule has 0 spiro atoms. The first-order valence-electron chi connectivity index (χ1n) is 5.95. The fraction of sp³-hybridized carbons (Fsp3) is 0.909. The van der Waals surface area contributed by atoms with Crippen LogP contribution in [0.2, 0.25) is 0 Å². The second-order valence-electron chi connectivity index (χ2n) is 4.21. The lowest BCUT2D eigenvalue weighted by atomic mass is 10.1. The average Bonchev–Trinajstić information content (AvgIpc) is 2.69. The van der Waals surface area contributed by atoms with Crippen LogP contribution in [0.25, 0.3) is 0 Å². The van der Waals surface area contributed by atoms with E-state index in [9.17, 15) is 4.79 Å². The Labute approximate surface area is 92.2 Å². The van der Waals surface area contributed by atoms with E-state index < -0.39 is 0 Å². The maximum atomic E-state index is 11.3. The van der Waals surface area contributed by atoms with Gasteiger partial charge in [0.05, 0.1) is 6.04 Å². The lowest BCUT2D eigenvalue weighted by Gasteiger charge is -2.29. The molecule has 0 radical (unpaired) electrons. The Kier molecular flexibility index (Phi) is 5.05. The third-order valence-electron chi connectivity index (χ3n) is 3.18. The number of hydrogen-bond acceptors (Lipinski definition) is 3. The molecule has 3 N–H and O–H groups in total. The summed E-state index contributed by atoms with van der Waals surface area (Å²) in [5, 5.41) is 3.45. The summed E-state index contributed by atoms with van der Waals surface area (Å²) in [6.45, 7) is 7.04. The molecule has 1 saturated heterocycles. The number of carbonyl (C=O) groups is 1. The summed E-state index contributed by atoms with van der Waals surface area (Å²) >= 11 is 0. The van der Waals surface area contributed by atoms with Crippen LogP contribution in [-0.4, -0.2) is 42.5 Å². The summed E-state index contributed by atoms with van der Waals surface area (Å²) in [5.74, 6) is -0.197. The van der Waals surface area contributed by atoms with Crippen molar-refractivity contribution in [2.75, 3.05) is 19.6 Å². The highest BCUT2D eigenvalue weighted by Crippen LogP contribution is 2.10. The molecule has 2 unspecified atom stereocenters. The molecule has 1 aliphatic heterocycles. The molecule has 2 atom stereocenters. The maximum absolute atomic E-state index is 11.3. The molecule has 1 heterocycles. The van der Waals surface area contributed by atoms with Crippen molar-refractivity contribution in [3.8, 4) is 0 Å². The van der Waals surface area contributed by atoms with Crippen LogP contribution in [0.15, 0.2) is 0 Å². The van der Waals surface area contributed by atoms with E-state index in [0.29, 0.717) is 6.04 Å². The molecule has 0 aromatic heterocycles. The number of nitrogens with one attached hydrogen (secondary N) is 1. The summed E-state index contributed by atoms with van der Waals surface area (Å²) in [5.41, 5.74) is 5.40. The molecular weight excluding hydrogens is 190 g/mol. The number of amides is 1.